The lowest BCUT2D eigenvalue weighted by atomic mass is 10.2. The molecule has 0 saturated carbocycles. The number of carbonyl (C=O) groups excluding carboxylic acids is 1. The highest BCUT2D eigenvalue weighted by atomic mass is 79.9. The largest absolute Gasteiger partial charge is 0.370 e. The second kappa shape index (κ2) is 7.43. The highest BCUT2D eigenvalue weighted by Gasteiger charge is 2.13. The molecule has 2 aromatic rings. The third kappa shape index (κ3) is 4.19. The molecule has 1 aromatic heterocycles. The van der Waals surface area contributed by atoms with Crippen LogP contribution in [0.25, 0.3) is 0 Å². The summed E-state index contributed by atoms with van der Waals surface area (Å²) in [5.74, 6) is 0.372. The predicted octanol–water partition coefficient (Wildman–Crippen LogP) is 3.86. The van der Waals surface area contributed by atoms with Crippen LogP contribution < -0.4 is 10.6 Å². The first kappa shape index (κ1) is 15.8. The number of halogens is 2. The Balaban J connectivity index is 2.13. The van der Waals surface area contributed by atoms with Crippen molar-refractivity contribution in [2.24, 2.45) is 0 Å². The van der Waals surface area contributed by atoms with Crippen molar-refractivity contribution in [3.8, 4) is 0 Å². The lowest BCUT2D eigenvalue weighted by Crippen LogP contribution is -2.24. The van der Waals surface area contributed by atoms with Gasteiger partial charge >= 0.3 is 0 Å². The van der Waals surface area contributed by atoms with Gasteiger partial charge < -0.3 is 10.6 Å². The van der Waals surface area contributed by atoms with Crippen molar-refractivity contribution < 1.29 is 4.79 Å². The average Bonchev–Trinajstić information content (AvgIpc) is 2.48. The zero-order valence-electron chi connectivity index (χ0n) is 11.5. The zero-order valence-corrected chi connectivity index (χ0v) is 13.8. The van der Waals surface area contributed by atoms with Gasteiger partial charge in [0.2, 0.25) is 0 Å². The van der Waals surface area contributed by atoms with Gasteiger partial charge in [-0.25, -0.2) is 4.98 Å². The maximum atomic E-state index is 12.3. The number of hydrogen-bond donors (Lipinski definition) is 2. The second-order valence-corrected chi connectivity index (χ2v) is 5.68. The van der Waals surface area contributed by atoms with E-state index >= 15 is 0 Å². The number of rotatable bonds is 5. The number of hydrogen-bond acceptors (Lipinski definition) is 3. The van der Waals surface area contributed by atoms with Gasteiger partial charge in [0.15, 0.2) is 0 Å². The summed E-state index contributed by atoms with van der Waals surface area (Å²) < 4.78 is 0.757. The van der Waals surface area contributed by atoms with Crippen molar-refractivity contribution in [1.29, 1.82) is 0 Å². The molecule has 110 valence electrons. The molecule has 0 bridgehead atoms. The van der Waals surface area contributed by atoms with E-state index in [1.54, 1.807) is 18.3 Å². The van der Waals surface area contributed by atoms with E-state index in [0.29, 0.717) is 29.5 Å². The first-order valence-electron chi connectivity index (χ1n) is 6.53. The van der Waals surface area contributed by atoms with Crippen LogP contribution in [-0.4, -0.2) is 17.4 Å². The van der Waals surface area contributed by atoms with Crippen molar-refractivity contribution in [2.45, 2.75) is 13.5 Å². The number of aromatic nitrogens is 1. The summed E-state index contributed by atoms with van der Waals surface area (Å²) >= 11 is 9.41. The molecule has 0 saturated heterocycles. The molecule has 4 nitrogen and oxygen atoms in total. The van der Waals surface area contributed by atoms with Gasteiger partial charge in [-0.05, 0) is 40.5 Å². The van der Waals surface area contributed by atoms with Crippen LogP contribution in [0.3, 0.4) is 0 Å². The summed E-state index contributed by atoms with van der Waals surface area (Å²) in [6.07, 6.45) is 1.66. The molecular weight excluding hydrogens is 354 g/mol. The molecule has 0 unspecified atom stereocenters. The number of anilines is 1. The fourth-order valence-corrected chi connectivity index (χ4v) is 2.37. The molecule has 0 aliphatic heterocycles. The second-order valence-electron chi connectivity index (χ2n) is 4.35. The average molecular weight is 369 g/mol. The molecular formula is C15H15BrClN3O. The molecule has 1 heterocycles. The lowest BCUT2D eigenvalue weighted by molar-refractivity contribution is 0.0951. The van der Waals surface area contributed by atoms with Gasteiger partial charge in [0.25, 0.3) is 5.91 Å². The maximum Gasteiger partial charge on any atom is 0.255 e. The van der Waals surface area contributed by atoms with Crippen molar-refractivity contribution >= 4 is 39.3 Å². The molecule has 1 amide bonds. The van der Waals surface area contributed by atoms with Crippen molar-refractivity contribution in [3.05, 3.63) is 57.2 Å². The Kier molecular flexibility index (Phi) is 5.59. The fraction of sp³-hybridized carbons (Fsp3) is 0.200. The number of carbonyl (C=O) groups is 1. The number of benzene rings is 1. The highest BCUT2D eigenvalue weighted by molar-refractivity contribution is 9.10. The monoisotopic (exact) mass is 367 g/mol. The minimum Gasteiger partial charge on any atom is -0.370 e. The van der Waals surface area contributed by atoms with Gasteiger partial charge in [-0.15, -0.1) is 0 Å². The van der Waals surface area contributed by atoms with Crippen LogP contribution in [0.2, 0.25) is 5.02 Å². The van der Waals surface area contributed by atoms with E-state index in [0.717, 1.165) is 10.0 Å². The number of pyridine rings is 1. The molecule has 2 N–H and O–H groups in total. The third-order valence-electron chi connectivity index (χ3n) is 2.84. The molecule has 2 rings (SSSR count). The standard InChI is InChI=1S/C15H15BrClN3O/c1-2-18-14-12(7-11(16)9-19-14)15(21)20-8-10-5-3-4-6-13(10)17/h3-7,9H,2,8H2,1H3,(H,18,19)(H,20,21). The Morgan fingerprint density at radius 3 is 2.86 bits per heavy atom. The topological polar surface area (TPSA) is 54.0 Å². The summed E-state index contributed by atoms with van der Waals surface area (Å²) in [5.41, 5.74) is 1.37. The molecule has 0 atom stereocenters. The Labute approximate surface area is 137 Å². The Hall–Kier alpha value is -1.59. The minimum atomic E-state index is -0.195. The van der Waals surface area contributed by atoms with Crippen LogP contribution >= 0.6 is 27.5 Å². The SMILES string of the molecule is CCNc1ncc(Br)cc1C(=O)NCc1ccccc1Cl. The quantitative estimate of drug-likeness (QED) is 0.842. The van der Waals surface area contributed by atoms with E-state index in [-0.39, 0.29) is 5.91 Å². The van der Waals surface area contributed by atoms with Gasteiger partial charge in [0.05, 0.1) is 5.56 Å². The number of amides is 1. The molecule has 0 spiro atoms. The molecule has 1 aromatic carbocycles. The van der Waals surface area contributed by atoms with Crippen LogP contribution in [0.15, 0.2) is 41.0 Å². The van der Waals surface area contributed by atoms with Crippen LogP contribution in [0.4, 0.5) is 5.82 Å². The van der Waals surface area contributed by atoms with Crippen LogP contribution in [0.1, 0.15) is 22.8 Å². The zero-order chi connectivity index (χ0) is 15.2. The Bertz CT molecular complexity index is 649. The predicted molar refractivity (Wildman–Crippen MR) is 88.7 cm³/mol. The van der Waals surface area contributed by atoms with Gasteiger partial charge in [0, 0.05) is 28.8 Å². The van der Waals surface area contributed by atoms with Crippen LogP contribution in [0, 0.1) is 0 Å². The lowest BCUT2D eigenvalue weighted by Gasteiger charge is -2.11. The molecule has 0 fully saturated rings. The highest BCUT2D eigenvalue weighted by Crippen LogP contribution is 2.19. The molecule has 0 aliphatic rings. The molecule has 21 heavy (non-hydrogen) atoms. The number of nitrogens with one attached hydrogen (secondary N) is 2. The summed E-state index contributed by atoms with van der Waals surface area (Å²) in [6.45, 7) is 3.02. The normalized spacial score (nSPS) is 10.2. The summed E-state index contributed by atoms with van der Waals surface area (Å²) in [4.78, 5) is 16.5. The Morgan fingerprint density at radius 1 is 1.38 bits per heavy atom. The first-order chi connectivity index (χ1) is 10.1. The molecule has 0 aliphatic carbocycles. The van der Waals surface area contributed by atoms with Crippen LogP contribution in [0.5, 0.6) is 0 Å². The molecule has 6 heteroatoms. The van der Waals surface area contributed by atoms with Gasteiger partial charge in [-0.1, -0.05) is 29.8 Å². The van der Waals surface area contributed by atoms with Crippen molar-refractivity contribution in [2.75, 3.05) is 11.9 Å². The summed E-state index contributed by atoms with van der Waals surface area (Å²) in [7, 11) is 0. The maximum absolute atomic E-state index is 12.3. The van der Waals surface area contributed by atoms with E-state index in [9.17, 15) is 4.79 Å². The number of nitrogens with zero attached hydrogens (tertiary/aromatic N) is 1. The minimum absolute atomic E-state index is 0.195. The summed E-state index contributed by atoms with van der Waals surface area (Å²) in [5, 5.41) is 6.57. The first-order valence-corrected chi connectivity index (χ1v) is 7.70. The van der Waals surface area contributed by atoms with E-state index < -0.39 is 0 Å². The van der Waals surface area contributed by atoms with E-state index in [2.05, 4.69) is 31.5 Å². The van der Waals surface area contributed by atoms with Gasteiger partial charge in [-0.2, -0.15) is 0 Å². The van der Waals surface area contributed by atoms with Crippen LogP contribution in [-0.2, 0) is 6.54 Å². The van der Waals surface area contributed by atoms with E-state index in [4.69, 9.17) is 11.6 Å². The smallest absolute Gasteiger partial charge is 0.255 e. The molecule has 0 radical (unpaired) electrons. The van der Waals surface area contributed by atoms with E-state index in [1.165, 1.54) is 0 Å². The third-order valence-corrected chi connectivity index (χ3v) is 3.64. The van der Waals surface area contributed by atoms with Gasteiger partial charge in [-0.3, -0.25) is 4.79 Å². The van der Waals surface area contributed by atoms with E-state index in [1.807, 2.05) is 25.1 Å². The fourth-order valence-electron chi connectivity index (χ4n) is 1.83. The van der Waals surface area contributed by atoms with Crippen molar-refractivity contribution in [1.82, 2.24) is 10.3 Å². The van der Waals surface area contributed by atoms with Crippen molar-refractivity contribution in [3.63, 3.8) is 0 Å². The Morgan fingerprint density at radius 2 is 2.14 bits per heavy atom. The summed E-state index contributed by atoms with van der Waals surface area (Å²) in [6, 6.07) is 9.17. The van der Waals surface area contributed by atoms with Gasteiger partial charge in [0.1, 0.15) is 5.82 Å².